The van der Waals surface area contributed by atoms with Gasteiger partial charge in [0.2, 0.25) is 5.91 Å². The maximum atomic E-state index is 10.1. The Hall–Kier alpha value is -0.860. The van der Waals surface area contributed by atoms with Crippen LogP contribution < -0.4 is 5.32 Å². The molecule has 0 spiro atoms. The van der Waals surface area contributed by atoms with Crippen LogP contribution in [0.25, 0.3) is 0 Å². The molecular weight excluding hydrogens is 92.1 g/mol. The third-order valence-corrected chi connectivity index (χ3v) is 0.581. The molecule has 3 nitrogen and oxygen atoms in total. The first-order valence-corrected chi connectivity index (χ1v) is 1.87. The van der Waals surface area contributed by atoms with Crippen molar-refractivity contribution >= 4 is 12.2 Å². The predicted molar refractivity (Wildman–Crippen MR) is 23.5 cm³/mol. The zero-order valence-corrected chi connectivity index (χ0v) is 3.59. The van der Waals surface area contributed by atoms with E-state index in [1.54, 1.807) is 0 Å². The molecule has 3 heteroatoms. The first-order chi connectivity index (χ1) is 3.39. The molecule has 0 bridgehead atoms. The lowest BCUT2D eigenvalue weighted by Crippen LogP contribution is -2.16. The van der Waals surface area contributed by atoms with Gasteiger partial charge in [-0.2, -0.15) is 0 Å². The zero-order valence-electron chi connectivity index (χ0n) is 3.59. The van der Waals surface area contributed by atoms with Crippen molar-refractivity contribution in [1.29, 1.82) is 0 Å². The highest BCUT2D eigenvalue weighted by Crippen LogP contribution is 1.91. The molecule has 0 atom stereocenters. The molecule has 1 aliphatic heterocycles. The standard InChI is InChI=1S/C4H3N2O/c7-4-1-2-5-3-6-4/h3H,1H2. The van der Waals surface area contributed by atoms with Crippen LogP contribution in [-0.2, 0) is 4.79 Å². The highest BCUT2D eigenvalue weighted by Gasteiger charge is 2.03. The van der Waals surface area contributed by atoms with Crippen molar-refractivity contribution in [3.63, 3.8) is 0 Å². The van der Waals surface area contributed by atoms with E-state index in [9.17, 15) is 4.79 Å². The van der Waals surface area contributed by atoms with Crippen LogP contribution in [0.15, 0.2) is 4.99 Å². The highest BCUT2D eigenvalue weighted by atomic mass is 16.1. The molecular formula is C4H3N2O. The summed E-state index contributed by atoms with van der Waals surface area (Å²) < 4.78 is 0. The summed E-state index contributed by atoms with van der Waals surface area (Å²) in [7, 11) is 0. The van der Waals surface area contributed by atoms with Gasteiger partial charge in [-0.05, 0) is 0 Å². The Balaban J connectivity index is 2.47. The second-order valence-electron chi connectivity index (χ2n) is 1.10. The second-order valence-corrected chi connectivity index (χ2v) is 1.10. The second kappa shape index (κ2) is 1.73. The zero-order chi connectivity index (χ0) is 5.11. The van der Waals surface area contributed by atoms with E-state index in [0.29, 0.717) is 0 Å². The van der Waals surface area contributed by atoms with E-state index < -0.39 is 0 Å². The van der Waals surface area contributed by atoms with Crippen LogP contribution in [0.1, 0.15) is 6.42 Å². The van der Waals surface area contributed by atoms with E-state index in [-0.39, 0.29) is 12.3 Å². The Kier molecular flexibility index (Phi) is 1.06. The van der Waals surface area contributed by atoms with E-state index in [0.717, 1.165) is 0 Å². The summed E-state index contributed by atoms with van der Waals surface area (Å²) in [6, 6.07) is 0. The minimum Gasteiger partial charge on any atom is -0.272 e. The van der Waals surface area contributed by atoms with Crippen LogP contribution in [0, 0.1) is 6.54 Å². The molecule has 0 fully saturated rings. The van der Waals surface area contributed by atoms with Crippen LogP contribution >= 0.6 is 0 Å². The van der Waals surface area contributed by atoms with E-state index in [1.165, 1.54) is 6.34 Å². The predicted octanol–water partition coefficient (Wildman–Crippen LogP) is -0.412. The Morgan fingerprint density at radius 3 is 3.00 bits per heavy atom. The minimum atomic E-state index is -0.171. The summed E-state index contributed by atoms with van der Waals surface area (Å²) in [5, 5.41) is 3.34. The Labute approximate surface area is 41.4 Å². The fraction of sp³-hybridized carbons (Fsp3) is 0.250. The van der Waals surface area contributed by atoms with Gasteiger partial charge in [-0.25, -0.2) is 5.32 Å². The van der Waals surface area contributed by atoms with Crippen molar-refractivity contribution in [2.45, 2.75) is 6.42 Å². The van der Waals surface area contributed by atoms with Crippen molar-refractivity contribution < 1.29 is 4.79 Å². The molecule has 0 aromatic rings. The summed E-state index contributed by atoms with van der Waals surface area (Å²) in [5.74, 6) is -0.171. The minimum absolute atomic E-state index is 0.171. The van der Waals surface area contributed by atoms with Crippen molar-refractivity contribution in [2.24, 2.45) is 4.99 Å². The SMILES string of the molecule is O=C1C[C]N=C[N]1. The number of carbonyl (C=O) groups is 1. The van der Waals surface area contributed by atoms with Gasteiger partial charge in [0, 0.05) is 0 Å². The number of amides is 1. The third kappa shape index (κ3) is 0.994. The smallest absolute Gasteiger partial charge is 0.249 e. The molecule has 0 aromatic carbocycles. The fourth-order valence-corrected chi connectivity index (χ4v) is 0.293. The molecule has 0 saturated carbocycles. The van der Waals surface area contributed by atoms with Crippen LogP contribution in [0.5, 0.6) is 0 Å². The van der Waals surface area contributed by atoms with E-state index in [4.69, 9.17) is 0 Å². The average molecular weight is 95.1 g/mol. The van der Waals surface area contributed by atoms with E-state index in [1.807, 2.05) is 0 Å². The summed E-state index contributed by atoms with van der Waals surface area (Å²) in [5.41, 5.74) is 0. The first kappa shape index (κ1) is 4.30. The maximum absolute atomic E-state index is 10.1. The lowest BCUT2D eigenvalue weighted by Gasteiger charge is -1.95. The van der Waals surface area contributed by atoms with Gasteiger partial charge < -0.3 is 0 Å². The number of hydrogen-bond acceptors (Lipinski definition) is 2. The molecule has 0 unspecified atom stereocenters. The monoisotopic (exact) mass is 95.0 g/mol. The molecule has 0 aliphatic carbocycles. The largest absolute Gasteiger partial charge is 0.272 e. The molecule has 3 radical (unpaired) electrons. The molecule has 1 rings (SSSR count). The number of nitrogens with zero attached hydrogens (tertiary/aromatic N) is 2. The lowest BCUT2D eigenvalue weighted by atomic mass is 10.4. The van der Waals surface area contributed by atoms with Gasteiger partial charge in [0.1, 0.15) is 12.9 Å². The molecule has 1 aliphatic rings. The van der Waals surface area contributed by atoms with Crippen LogP contribution in [-0.4, -0.2) is 12.2 Å². The van der Waals surface area contributed by atoms with Gasteiger partial charge in [-0.1, -0.05) is 0 Å². The Morgan fingerprint density at radius 1 is 1.86 bits per heavy atom. The van der Waals surface area contributed by atoms with E-state index >= 15 is 0 Å². The van der Waals surface area contributed by atoms with Crippen molar-refractivity contribution in [2.75, 3.05) is 0 Å². The van der Waals surface area contributed by atoms with Gasteiger partial charge in [-0.3, -0.25) is 9.79 Å². The fourth-order valence-electron chi connectivity index (χ4n) is 0.293. The summed E-state index contributed by atoms with van der Waals surface area (Å²) in [6.07, 6.45) is 1.43. The third-order valence-electron chi connectivity index (χ3n) is 0.581. The maximum Gasteiger partial charge on any atom is 0.249 e. The summed E-state index contributed by atoms with van der Waals surface area (Å²) >= 11 is 0. The van der Waals surface area contributed by atoms with Crippen molar-refractivity contribution in [3.05, 3.63) is 6.54 Å². The number of aliphatic imine (C=N–C) groups is 1. The lowest BCUT2D eigenvalue weighted by molar-refractivity contribution is -0.119. The van der Waals surface area contributed by atoms with Gasteiger partial charge in [-0.15, -0.1) is 0 Å². The van der Waals surface area contributed by atoms with Crippen LogP contribution in [0.2, 0.25) is 0 Å². The van der Waals surface area contributed by atoms with Gasteiger partial charge >= 0.3 is 0 Å². The van der Waals surface area contributed by atoms with Crippen LogP contribution in [0.4, 0.5) is 0 Å². The quantitative estimate of drug-likeness (QED) is 0.403. The van der Waals surface area contributed by atoms with Crippen molar-refractivity contribution in [1.82, 2.24) is 5.32 Å². The molecule has 0 N–H and O–H groups in total. The molecule has 0 aromatic heterocycles. The average Bonchev–Trinajstić information content (AvgIpc) is 1.69. The first-order valence-electron chi connectivity index (χ1n) is 1.87. The number of hydrogen-bond donors (Lipinski definition) is 0. The normalized spacial score (nSPS) is 19.1. The highest BCUT2D eigenvalue weighted by molar-refractivity contribution is 5.89. The Morgan fingerprint density at radius 2 is 2.71 bits per heavy atom. The van der Waals surface area contributed by atoms with E-state index in [2.05, 4.69) is 16.9 Å². The number of rotatable bonds is 0. The molecule has 0 saturated heterocycles. The number of carbonyl (C=O) groups excluding carboxylic acids is 1. The summed E-state index contributed by atoms with van der Waals surface area (Å²) in [4.78, 5) is 13.6. The molecule has 7 heavy (non-hydrogen) atoms. The van der Waals surface area contributed by atoms with Gasteiger partial charge in [0.25, 0.3) is 0 Å². The Bertz CT molecular complexity index is 108. The van der Waals surface area contributed by atoms with Crippen molar-refractivity contribution in [3.8, 4) is 0 Å². The molecule has 1 amide bonds. The summed E-state index contributed by atoms with van der Waals surface area (Å²) in [6.45, 7) is 2.46. The topological polar surface area (TPSA) is 43.5 Å². The molecule has 1 heterocycles. The van der Waals surface area contributed by atoms with Crippen LogP contribution in [0.3, 0.4) is 0 Å². The van der Waals surface area contributed by atoms with Gasteiger partial charge in [0.05, 0.1) is 6.42 Å². The molecule has 35 valence electrons. The van der Waals surface area contributed by atoms with Gasteiger partial charge in [0.15, 0.2) is 0 Å².